The minimum Gasteiger partial charge on any atom is -0.467 e. The number of carbonyl (C=O) groups excluding carboxylic acids is 2. The third-order valence-electron chi connectivity index (χ3n) is 5.69. The van der Waals surface area contributed by atoms with Crippen molar-refractivity contribution in [3.63, 3.8) is 0 Å². The maximum absolute atomic E-state index is 13.0. The van der Waals surface area contributed by atoms with Gasteiger partial charge in [-0.2, -0.15) is 4.31 Å². The molecule has 0 aliphatic carbocycles. The summed E-state index contributed by atoms with van der Waals surface area (Å²) in [7, 11) is 1.29. The van der Waals surface area contributed by atoms with Crippen LogP contribution in [0.3, 0.4) is 0 Å². The largest absolute Gasteiger partial charge is 0.467 e. The lowest BCUT2D eigenvalue weighted by Crippen LogP contribution is -2.61. The van der Waals surface area contributed by atoms with Crippen LogP contribution in [-0.2, 0) is 24.3 Å². The van der Waals surface area contributed by atoms with Crippen LogP contribution in [0.15, 0.2) is 0 Å². The number of hydrogen-bond acceptors (Lipinski definition) is 6. The number of nitrogens with zero attached hydrogens (tertiary/aromatic N) is 3. The fourth-order valence-electron chi connectivity index (χ4n) is 4.00. The molecule has 2 fully saturated rings. The molecule has 8 nitrogen and oxygen atoms in total. The highest BCUT2D eigenvalue weighted by Gasteiger charge is 2.46. The summed E-state index contributed by atoms with van der Waals surface area (Å²) in [4.78, 5) is 28.1. The number of likely N-dealkylation sites (N-methyl/N-ethyl adjacent to an activating group) is 1. The zero-order valence-electron chi connectivity index (χ0n) is 17.1. The van der Waals surface area contributed by atoms with E-state index < -0.39 is 33.3 Å². The quantitative estimate of drug-likeness (QED) is 0.608. The zero-order valence-corrected chi connectivity index (χ0v) is 17.9. The Morgan fingerprint density at radius 1 is 1.15 bits per heavy atom. The van der Waals surface area contributed by atoms with Gasteiger partial charge in [0.25, 0.3) is 0 Å². The topological polar surface area (TPSA) is 87.2 Å². The molecule has 156 valence electrons. The molecule has 1 amide bonds. The number of esters is 1. The average Bonchev–Trinajstić information content (AvgIpc) is 2.77. The Hall–Kier alpha value is -1.19. The van der Waals surface area contributed by atoms with E-state index in [1.165, 1.54) is 16.3 Å². The highest BCUT2D eigenvalue weighted by Crippen LogP contribution is 2.29. The van der Waals surface area contributed by atoms with Gasteiger partial charge >= 0.3 is 5.97 Å². The van der Waals surface area contributed by atoms with Crippen LogP contribution >= 0.6 is 0 Å². The van der Waals surface area contributed by atoms with Crippen LogP contribution in [0.2, 0.25) is 0 Å². The van der Waals surface area contributed by atoms with Gasteiger partial charge in [-0.25, -0.2) is 13.2 Å². The van der Waals surface area contributed by atoms with Gasteiger partial charge in [0.1, 0.15) is 11.4 Å². The van der Waals surface area contributed by atoms with E-state index in [4.69, 9.17) is 4.74 Å². The molecule has 0 aromatic heterocycles. The molecule has 27 heavy (non-hydrogen) atoms. The molecule has 2 rings (SSSR count). The Balaban J connectivity index is 2.01. The van der Waals surface area contributed by atoms with Crippen LogP contribution in [0.25, 0.3) is 0 Å². The first-order valence-corrected chi connectivity index (χ1v) is 11.1. The lowest BCUT2D eigenvalue weighted by atomic mass is 9.97. The SMILES string of the molecule is COC(=O)C(C(C)C)N(C)C(=O)C1CN(S(=O)(=O)[C@H]2CCCCCN2C)C1. The predicted octanol–water partition coefficient (Wildman–Crippen LogP) is 0.736. The Labute approximate surface area is 162 Å². The highest BCUT2D eigenvalue weighted by molar-refractivity contribution is 7.89. The van der Waals surface area contributed by atoms with Gasteiger partial charge < -0.3 is 9.64 Å². The van der Waals surface area contributed by atoms with E-state index in [2.05, 4.69) is 0 Å². The van der Waals surface area contributed by atoms with E-state index in [1.54, 1.807) is 7.05 Å². The summed E-state index contributed by atoms with van der Waals surface area (Å²) < 4.78 is 32.1. The van der Waals surface area contributed by atoms with Crippen LogP contribution in [0.5, 0.6) is 0 Å². The molecule has 0 aromatic carbocycles. The minimum atomic E-state index is -3.45. The van der Waals surface area contributed by atoms with Gasteiger partial charge in [-0.1, -0.05) is 26.7 Å². The number of ether oxygens (including phenoxy) is 1. The molecule has 2 saturated heterocycles. The summed E-state index contributed by atoms with van der Waals surface area (Å²) in [5, 5.41) is -0.507. The predicted molar refractivity (Wildman–Crippen MR) is 102 cm³/mol. The molecule has 1 unspecified atom stereocenters. The van der Waals surface area contributed by atoms with E-state index in [0.29, 0.717) is 6.42 Å². The van der Waals surface area contributed by atoms with Crippen molar-refractivity contribution in [1.29, 1.82) is 0 Å². The third kappa shape index (κ3) is 4.63. The summed E-state index contributed by atoms with van der Waals surface area (Å²) in [5.41, 5.74) is 0. The lowest BCUT2D eigenvalue weighted by Gasteiger charge is -2.43. The fourth-order valence-corrected chi connectivity index (χ4v) is 6.14. The second kappa shape index (κ2) is 8.87. The molecule has 2 heterocycles. The van der Waals surface area contributed by atoms with Gasteiger partial charge in [0.2, 0.25) is 15.9 Å². The summed E-state index contributed by atoms with van der Waals surface area (Å²) in [6.45, 7) is 4.84. The van der Waals surface area contributed by atoms with E-state index in [1.807, 2.05) is 25.8 Å². The molecule has 0 bridgehead atoms. The van der Waals surface area contributed by atoms with Gasteiger partial charge in [-0.15, -0.1) is 0 Å². The summed E-state index contributed by atoms with van der Waals surface area (Å²) in [6.07, 6.45) is 3.60. The fraction of sp³-hybridized carbons (Fsp3) is 0.889. The van der Waals surface area contributed by atoms with Crippen molar-refractivity contribution >= 4 is 21.9 Å². The molecule has 0 spiro atoms. The normalized spacial score (nSPS) is 24.1. The molecule has 2 aliphatic heterocycles. The average molecular weight is 404 g/mol. The van der Waals surface area contributed by atoms with Crippen molar-refractivity contribution in [1.82, 2.24) is 14.1 Å². The van der Waals surface area contributed by atoms with Crippen LogP contribution in [0, 0.1) is 11.8 Å². The summed E-state index contributed by atoms with van der Waals surface area (Å²) in [5.74, 6) is -1.16. The number of sulfonamides is 1. The monoisotopic (exact) mass is 403 g/mol. The van der Waals surface area contributed by atoms with E-state index >= 15 is 0 Å². The van der Waals surface area contributed by atoms with Gasteiger partial charge in [-0.3, -0.25) is 9.69 Å². The Morgan fingerprint density at radius 2 is 1.78 bits per heavy atom. The van der Waals surface area contributed by atoms with Crippen LogP contribution in [0.1, 0.15) is 39.5 Å². The number of methoxy groups -OCH3 is 1. The maximum atomic E-state index is 13.0. The second-order valence-electron chi connectivity index (χ2n) is 8.00. The molecule has 2 aliphatic rings. The molecule has 2 atom stereocenters. The summed E-state index contributed by atoms with van der Waals surface area (Å²) in [6, 6.07) is -0.666. The van der Waals surface area contributed by atoms with Gasteiger partial charge in [0, 0.05) is 20.1 Å². The van der Waals surface area contributed by atoms with Crippen molar-refractivity contribution in [3.05, 3.63) is 0 Å². The Kier molecular flexibility index (Phi) is 7.27. The molecule has 0 radical (unpaired) electrons. The van der Waals surface area contributed by atoms with Crippen molar-refractivity contribution in [3.8, 4) is 0 Å². The van der Waals surface area contributed by atoms with Crippen LogP contribution in [-0.4, -0.2) is 86.7 Å². The molecular formula is C18H33N3O5S. The van der Waals surface area contributed by atoms with Crippen molar-refractivity contribution in [2.75, 3.05) is 40.8 Å². The first-order valence-electron chi connectivity index (χ1n) is 9.65. The maximum Gasteiger partial charge on any atom is 0.328 e. The van der Waals surface area contributed by atoms with Gasteiger partial charge in [-0.05, 0) is 32.4 Å². The number of rotatable bonds is 6. The Bertz CT molecular complexity index is 645. The highest BCUT2D eigenvalue weighted by atomic mass is 32.2. The van der Waals surface area contributed by atoms with Crippen molar-refractivity contribution in [2.45, 2.75) is 50.9 Å². The van der Waals surface area contributed by atoms with Crippen molar-refractivity contribution < 1.29 is 22.7 Å². The standard InChI is InChI=1S/C18H33N3O5S/c1-13(2)16(18(23)26-5)20(4)17(22)14-11-21(12-14)27(24,25)15-9-7-6-8-10-19(15)3/h13-16H,6-12H2,1-5H3/t15-,16?/m0/s1. The molecule has 0 saturated carbocycles. The zero-order chi connectivity index (χ0) is 20.4. The minimum absolute atomic E-state index is 0.0917. The van der Waals surface area contributed by atoms with E-state index in [-0.39, 0.29) is 24.9 Å². The third-order valence-corrected chi connectivity index (χ3v) is 7.99. The van der Waals surface area contributed by atoms with Crippen LogP contribution in [0.4, 0.5) is 0 Å². The number of carbonyl (C=O) groups is 2. The smallest absolute Gasteiger partial charge is 0.328 e. The van der Waals surface area contributed by atoms with E-state index in [9.17, 15) is 18.0 Å². The second-order valence-corrected chi connectivity index (χ2v) is 10.1. The molecule has 0 aromatic rings. The summed E-state index contributed by atoms with van der Waals surface area (Å²) >= 11 is 0. The first kappa shape index (κ1) is 22.1. The number of hydrogen-bond donors (Lipinski definition) is 0. The van der Waals surface area contributed by atoms with E-state index in [0.717, 1.165) is 25.8 Å². The Morgan fingerprint density at radius 3 is 2.33 bits per heavy atom. The van der Waals surface area contributed by atoms with Gasteiger partial charge in [0.15, 0.2) is 0 Å². The number of likely N-dealkylation sites (tertiary alicyclic amines) is 1. The van der Waals surface area contributed by atoms with Gasteiger partial charge in [0.05, 0.1) is 13.0 Å². The molecular weight excluding hydrogens is 370 g/mol. The molecule has 0 N–H and O–H groups in total. The lowest BCUT2D eigenvalue weighted by molar-refractivity contribution is -0.156. The number of amides is 1. The molecule has 9 heteroatoms. The first-order chi connectivity index (χ1) is 12.6. The van der Waals surface area contributed by atoms with Crippen molar-refractivity contribution in [2.24, 2.45) is 11.8 Å². The van der Waals surface area contributed by atoms with Crippen LogP contribution < -0.4 is 0 Å².